The molecule has 0 radical (unpaired) electrons. The summed E-state index contributed by atoms with van der Waals surface area (Å²) < 4.78 is 0. The maximum Gasteiger partial charge on any atom is 0.372 e. The van der Waals surface area contributed by atoms with Gasteiger partial charge in [0.2, 0.25) is 5.82 Å². The van der Waals surface area contributed by atoms with Gasteiger partial charge in [0.1, 0.15) is 0 Å². The fraction of sp³-hybridized carbons (Fsp3) is 0. The van der Waals surface area contributed by atoms with Crippen molar-refractivity contribution >= 4 is 28.5 Å². The number of aromatic carboxylic acids is 1. The van der Waals surface area contributed by atoms with Gasteiger partial charge in [-0.1, -0.05) is 11.6 Å². The van der Waals surface area contributed by atoms with Crippen molar-refractivity contribution in [3.63, 3.8) is 0 Å². The zero-order chi connectivity index (χ0) is 11.0. The van der Waals surface area contributed by atoms with Gasteiger partial charge in [0.15, 0.2) is 0 Å². The van der Waals surface area contributed by atoms with Crippen molar-refractivity contribution in [2.45, 2.75) is 0 Å². The van der Waals surface area contributed by atoms with Crippen LogP contribution in [0.4, 0.5) is 0 Å². The molecule has 1 aromatic carbocycles. The minimum Gasteiger partial charge on any atom is -0.475 e. The molecule has 2 rings (SSSR count). The summed E-state index contributed by atoms with van der Waals surface area (Å²) in [6, 6.07) is 4.48. The molecule has 0 spiro atoms. The zero-order valence-corrected chi connectivity index (χ0v) is 8.08. The van der Waals surface area contributed by atoms with E-state index in [1.807, 2.05) is 0 Å². The van der Waals surface area contributed by atoms with E-state index in [-0.39, 0.29) is 11.2 Å². The Morgan fingerprint density at radius 1 is 1.47 bits per heavy atom. The lowest BCUT2D eigenvalue weighted by Crippen LogP contribution is -2.15. The number of aromatic amines is 1. The van der Waals surface area contributed by atoms with E-state index in [9.17, 15) is 9.59 Å². The molecule has 0 bridgehead atoms. The van der Waals surface area contributed by atoms with Crippen LogP contribution in [0.25, 0.3) is 10.9 Å². The molecule has 5 nitrogen and oxygen atoms in total. The molecule has 0 atom stereocenters. The number of H-pyrrole nitrogens is 1. The Bertz CT molecular complexity index is 606. The largest absolute Gasteiger partial charge is 0.475 e. The summed E-state index contributed by atoms with van der Waals surface area (Å²) in [4.78, 5) is 28.0. The van der Waals surface area contributed by atoms with Crippen LogP contribution in [0.2, 0.25) is 5.02 Å². The van der Waals surface area contributed by atoms with Crippen molar-refractivity contribution in [1.29, 1.82) is 0 Å². The molecule has 2 N–H and O–H groups in total. The Hall–Kier alpha value is -1.88. The second-order valence-corrected chi connectivity index (χ2v) is 3.32. The average Bonchev–Trinajstić information content (AvgIpc) is 2.18. The zero-order valence-electron chi connectivity index (χ0n) is 7.32. The van der Waals surface area contributed by atoms with Gasteiger partial charge in [-0.25, -0.2) is 9.78 Å². The Labute approximate surface area is 88.3 Å². The lowest BCUT2D eigenvalue weighted by atomic mass is 10.2. The van der Waals surface area contributed by atoms with Crippen LogP contribution in [0, 0.1) is 0 Å². The van der Waals surface area contributed by atoms with Gasteiger partial charge in [-0.15, -0.1) is 0 Å². The molecule has 1 aromatic heterocycles. The standard InChI is InChI=1S/C9H5ClN2O3/c10-4-1-2-6-5(3-4)8(13)12-7(11-6)9(14)15/h1-3H,(H,14,15)(H,11,12,13). The number of nitrogens with one attached hydrogen (secondary N) is 1. The van der Waals surface area contributed by atoms with Crippen LogP contribution >= 0.6 is 11.6 Å². The summed E-state index contributed by atoms with van der Waals surface area (Å²) in [6.45, 7) is 0. The number of hydrogen-bond donors (Lipinski definition) is 2. The van der Waals surface area contributed by atoms with Gasteiger partial charge in [0, 0.05) is 5.02 Å². The fourth-order valence-electron chi connectivity index (χ4n) is 1.21. The number of aromatic nitrogens is 2. The van der Waals surface area contributed by atoms with E-state index >= 15 is 0 Å². The number of carbonyl (C=O) groups is 1. The molecular formula is C9H5ClN2O3. The van der Waals surface area contributed by atoms with Crippen LogP contribution in [0.5, 0.6) is 0 Å². The normalized spacial score (nSPS) is 10.5. The molecule has 0 aliphatic carbocycles. The molecule has 76 valence electrons. The van der Waals surface area contributed by atoms with Crippen molar-refractivity contribution < 1.29 is 9.90 Å². The Balaban J connectivity index is 2.84. The highest BCUT2D eigenvalue weighted by Crippen LogP contribution is 2.14. The number of carboxylic acids is 1. The quantitative estimate of drug-likeness (QED) is 0.764. The first kappa shape index (κ1) is 9.67. The molecule has 2 aromatic rings. The van der Waals surface area contributed by atoms with E-state index in [4.69, 9.17) is 16.7 Å². The maximum absolute atomic E-state index is 11.4. The molecule has 15 heavy (non-hydrogen) atoms. The third-order valence-corrected chi connectivity index (χ3v) is 2.11. The third-order valence-electron chi connectivity index (χ3n) is 1.87. The molecule has 0 aliphatic heterocycles. The van der Waals surface area contributed by atoms with E-state index in [1.165, 1.54) is 12.1 Å². The van der Waals surface area contributed by atoms with Crippen LogP contribution in [-0.2, 0) is 0 Å². The van der Waals surface area contributed by atoms with Crippen LogP contribution in [0.3, 0.4) is 0 Å². The van der Waals surface area contributed by atoms with Crippen molar-refractivity contribution in [3.05, 3.63) is 39.4 Å². The van der Waals surface area contributed by atoms with Crippen LogP contribution in [0.15, 0.2) is 23.0 Å². The Morgan fingerprint density at radius 3 is 2.87 bits per heavy atom. The fourth-order valence-corrected chi connectivity index (χ4v) is 1.38. The maximum atomic E-state index is 11.4. The van der Waals surface area contributed by atoms with Gasteiger partial charge in [0.05, 0.1) is 10.9 Å². The number of halogens is 1. The van der Waals surface area contributed by atoms with E-state index in [0.29, 0.717) is 10.5 Å². The Morgan fingerprint density at radius 2 is 2.20 bits per heavy atom. The molecule has 0 aliphatic rings. The highest BCUT2D eigenvalue weighted by atomic mass is 35.5. The predicted molar refractivity (Wildman–Crippen MR) is 54.3 cm³/mol. The van der Waals surface area contributed by atoms with Gasteiger partial charge in [-0.3, -0.25) is 4.79 Å². The van der Waals surface area contributed by atoms with Crippen LogP contribution < -0.4 is 5.56 Å². The van der Waals surface area contributed by atoms with E-state index in [1.54, 1.807) is 6.07 Å². The van der Waals surface area contributed by atoms with Crippen molar-refractivity contribution in [2.75, 3.05) is 0 Å². The van der Waals surface area contributed by atoms with Gasteiger partial charge < -0.3 is 10.1 Å². The first-order chi connectivity index (χ1) is 7.08. The molecule has 0 saturated carbocycles. The highest BCUT2D eigenvalue weighted by Gasteiger charge is 2.09. The number of rotatable bonds is 1. The van der Waals surface area contributed by atoms with Gasteiger partial charge in [0.25, 0.3) is 5.56 Å². The lowest BCUT2D eigenvalue weighted by Gasteiger charge is -1.98. The van der Waals surface area contributed by atoms with Gasteiger partial charge in [-0.2, -0.15) is 0 Å². The van der Waals surface area contributed by atoms with Crippen LogP contribution in [0.1, 0.15) is 10.6 Å². The number of fused-ring (bicyclic) bond motifs is 1. The van der Waals surface area contributed by atoms with Crippen molar-refractivity contribution in [3.8, 4) is 0 Å². The summed E-state index contributed by atoms with van der Waals surface area (Å²) in [5, 5.41) is 9.34. The summed E-state index contributed by atoms with van der Waals surface area (Å²) in [5.74, 6) is -1.65. The number of carboxylic acid groups (broad SMARTS) is 1. The van der Waals surface area contributed by atoms with Crippen molar-refractivity contribution in [1.82, 2.24) is 9.97 Å². The highest BCUT2D eigenvalue weighted by molar-refractivity contribution is 6.31. The Kier molecular flexibility index (Phi) is 2.17. The van der Waals surface area contributed by atoms with Crippen molar-refractivity contribution in [2.24, 2.45) is 0 Å². The minimum absolute atomic E-state index is 0.271. The summed E-state index contributed by atoms with van der Waals surface area (Å²) in [5.41, 5.74) is -0.208. The van der Waals surface area contributed by atoms with Crippen LogP contribution in [-0.4, -0.2) is 21.0 Å². The summed E-state index contributed by atoms with van der Waals surface area (Å²) >= 11 is 5.70. The lowest BCUT2D eigenvalue weighted by molar-refractivity contribution is 0.0683. The summed E-state index contributed by atoms with van der Waals surface area (Å²) in [6.07, 6.45) is 0. The number of benzene rings is 1. The third kappa shape index (κ3) is 1.69. The first-order valence-corrected chi connectivity index (χ1v) is 4.38. The average molecular weight is 225 g/mol. The topological polar surface area (TPSA) is 83.0 Å². The van der Waals surface area contributed by atoms with E-state index < -0.39 is 11.5 Å². The van der Waals surface area contributed by atoms with E-state index in [0.717, 1.165) is 0 Å². The molecule has 0 amide bonds. The molecule has 0 saturated heterocycles. The molecular weight excluding hydrogens is 220 g/mol. The molecule has 1 heterocycles. The van der Waals surface area contributed by atoms with E-state index in [2.05, 4.69) is 9.97 Å². The summed E-state index contributed by atoms with van der Waals surface area (Å²) in [7, 11) is 0. The molecule has 0 fully saturated rings. The first-order valence-electron chi connectivity index (χ1n) is 4.01. The molecule has 0 unspecified atom stereocenters. The monoisotopic (exact) mass is 224 g/mol. The predicted octanol–water partition coefficient (Wildman–Crippen LogP) is 1.27. The second-order valence-electron chi connectivity index (χ2n) is 2.88. The van der Waals surface area contributed by atoms with Gasteiger partial charge >= 0.3 is 5.97 Å². The minimum atomic E-state index is -1.27. The smallest absolute Gasteiger partial charge is 0.372 e. The number of hydrogen-bond acceptors (Lipinski definition) is 3. The molecule has 6 heteroatoms. The second kappa shape index (κ2) is 3.36. The SMILES string of the molecule is O=C(O)c1nc2ccc(Cl)cc2c(=O)[nH]1. The number of nitrogens with zero attached hydrogens (tertiary/aromatic N) is 1. The van der Waals surface area contributed by atoms with Gasteiger partial charge in [-0.05, 0) is 18.2 Å².